The summed E-state index contributed by atoms with van der Waals surface area (Å²) in [5.74, 6) is 0. The molecule has 0 saturated carbocycles. The third-order valence-electron chi connectivity index (χ3n) is 4.91. The van der Waals surface area contributed by atoms with E-state index in [1.807, 2.05) is 27.7 Å². The molecule has 2 aliphatic rings. The number of ether oxygens (including phenoxy) is 2. The molecule has 0 radical (unpaired) electrons. The highest BCUT2D eigenvalue weighted by molar-refractivity contribution is 7.16. The van der Waals surface area contributed by atoms with Crippen LogP contribution in [-0.4, -0.2) is 40.9 Å². The number of hydrogen-bond acceptors (Lipinski definition) is 5. The lowest BCUT2D eigenvalue weighted by molar-refractivity contribution is -0.108. The molecule has 1 N–H and O–H groups in total. The minimum Gasteiger partial charge on any atom is -0.444 e. The molecular formula is C18H26ClNO4S. The molecule has 1 fully saturated rings. The predicted octanol–water partition coefficient (Wildman–Crippen LogP) is 4.08. The molecule has 3 heterocycles. The molecule has 2 atom stereocenters. The van der Waals surface area contributed by atoms with Crippen LogP contribution >= 0.6 is 22.9 Å². The minimum absolute atomic E-state index is 0.00741. The first-order valence-electron chi connectivity index (χ1n) is 8.72. The van der Waals surface area contributed by atoms with Crippen molar-refractivity contribution in [2.45, 2.75) is 70.8 Å². The monoisotopic (exact) mass is 387 g/mol. The van der Waals surface area contributed by atoms with Crippen molar-refractivity contribution < 1.29 is 19.4 Å². The highest BCUT2D eigenvalue weighted by atomic mass is 35.5. The first kappa shape index (κ1) is 19.0. The Labute approximate surface area is 157 Å². The highest BCUT2D eigenvalue weighted by Crippen LogP contribution is 2.49. The van der Waals surface area contributed by atoms with E-state index in [0.29, 0.717) is 30.3 Å². The molecule has 7 heteroatoms. The fourth-order valence-electron chi connectivity index (χ4n) is 3.81. The number of thiophene rings is 1. The van der Waals surface area contributed by atoms with Gasteiger partial charge in [0.1, 0.15) is 11.2 Å². The largest absolute Gasteiger partial charge is 0.444 e. The van der Waals surface area contributed by atoms with Crippen molar-refractivity contribution in [3.8, 4) is 0 Å². The summed E-state index contributed by atoms with van der Waals surface area (Å²) in [5.41, 5.74) is 1.07. The quantitative estimate of drug-likeness (QED) is 0.788. The number of nitrogens with zero attached hydrogens (tertiary/aromatic N) is 1. The smallest absolute Gasteiger partial charge is 0.410 e. The van der Waals surface area contributed by atoms with Crippen LogP contribution in [0, 0.1) is 0 Å². The number of likely N-dealkylation sites (tertiary alicyclic amines) is 1. The van der Waals surface area contributed by atoms with Gasteiger partial charge in [-0.05, 0) is 46.1 Å². The van der Waals surface area contributed by atoms with Gasteiger partial charge in [-0.25, -0.2) is 4.79 Å². The zero-order chi connectivity index (χ0) is 18.4. The van der Waals surface area contributed by atoms with Gasteiger partial charge in [0.25, 0.3) is 0 Å². The number of hydrogen-bond donors (Lipinski definition) is 1. The molecule has 3 rings (SSSR count). The summed E-state index contributed by atoms with van der Waals surface area (Å²) in [6.07, 6.45) is 1.93. The second-order valence-electron chi connectivity index (χ2n) is 7.89. The molecule has 25 heavy (non-hydrogen) atoms. The number of aliphatic hydroxyl groups is 1. The summed E-state index contributed by atoms with van der Waals surface area (Å²) in [5, 5.41) is 9.64. The van der Waals surface area contributed by atoms with Crippen LogP contribution in [0.4, 0.5) is 4.79 Å². The fraction of sp³-hybridized carbons (Fsp3) is 0.722. The van der Waals surface area contributed by atoms with E-state index in [0.717, 1.165) is 22.4 Å². The van der Waals surface area contributed by atoms with Gasteiger partial charge in [-0.3, -0.25) is 0 Å². The molecule has 2 aliphatic heterocycles. The molecule has 140 valence electrons. The molecular weight excluding hydrogens is 362 g/mol. The molecule has 1 aromatic heterocycles. The van der Waals surface area contributed by atoms with Crippen molar-refractivity contribution in [2.75, 3.05) is 13.2 Å². The SMILES string of the molecule is C[C@H]1C[C@@]2(CCN1C(=O)OC(C)(C)C)OCCc1c2sc(Cl)c1CO. The summed E-state index contributed by atoms with van der Waals surface area (Å²) in [6, 6.07) is 0.00741. The Balaban J connectivity index is 1.83. The Bertz CT molecular complexity index is 669. The zero-order valence-electron chi connectivity index (χ0n) is 15.2. The van der Waals surface area contributed by atoms with Crippen LogP contribution < -0.4 is 0 Å². The molecule has 1 spiro atoms. The van der Waals surface area contributed by atoms with Gasteiger partial charge in [-0.15, -0.1) is 11.3 Å². The van der Waals surface area contributed by atoms with Gasteiger partial charge >= 0.3 is 6.09 Å². The summed E-state index contributed by atoms with van der Waals surface area (Å²) in [6.45, 7) is 8.82. The molecule has 1 saturated heterocycles. The Hall–Kier alpha value is -0.820. The Morgan fingerprint density at radius 3 is 2.84 bits per heavy atom. The standard InChI is InChI=1S/C18H26ClNO4S/c1-11-9-18(6-7-20(11)16(22)24-17(2,3)4)14-12(5-8-23-18)13(10-21)15(19)25-14/h11,21H,5-10H2,1-4H3/t11-,18+/m0/s1. The maximum Gasteiger partial charge on any atom is 0.410 e. The van der Waals surface area contributed by atoms with Crippen molar-refractivity contribution in [2.24, 2.45) is 0 Å². The molecule has 1 amide bonds. The van der Waals surface area contributed by atoms with Gasteiger partial charge in [0.05, 0.1) is 17.6 Å². The topological polar surface area (TPSA) is 59.0 Å². The second kappa shape index (κ2) is 6.72. The molecule has 5 nitrogen and oxygen atoms in total. The van der Waals surface area contributed by atoms with E-state index in [-0.39, 0.29) is 18.7 Å². The zero-order valence-corrected chi connectivity index (χ0v) is 16.8. The number of carbonyl (C=O) groups is 1. The Kier molecular flexibility index (Phi) is 5.10. The number of rotatable bonds is 1. The number of carbonyl (C=O) groups excluding carboxylic acids is 1. The van der Waals surface area contributed by atoms with E-state index >= 15 is 0 Å². The van der Waals surface area contributed by atoms with Crippen molar-refractivity contribution in [3.63, 3.8) is 0 Å². The molecule has 0 bridgehead atoms. The van der Waals surface area contributed by atoms with Crippen LogP contribution in [0.3, 0.4) is 0 Å². The molecule has 0 aliphatic carbocycles. The van der Waals surface area contributed by atoms with Crippen molar-refractivity contribution in [3.05, 3.63) is 20.3 Å². The maximum absolute atomic E-state index is 12.5. The van der Waals surface area contributed by atoms with Crippen LogP contribution in [-0.2, 0) is 28.1 Å². The molecule has 0 unspecified atom stereocenters. The number of fused-ring (bicyclic) bond motifs is 2. The summed E-state index contributed by atoms with van der Waals surface area (Å²) in [7, 11) is 0. The van der Waals surface area contributed by atoms with Crippen LogP contribution in [0.5, 0.6) is 0 Å². The predicted molar refractivity (Wildman–Crippen MR) is 98.2 cm³/mol. The van der Waals surface area contributed by atoms with Gasteiger partial charge in [0, 0.05) is 29.4 Å². The first-order chi connectivity index (χ1) is 11.7. The van der Waals surface area contributed by atoms with Gasteiger partial charge in [0.15, 0.2) is 0 Å². The summed E-state index contributed by atoms with van der Waals surface area (Å²) in [4.78, 5) is 15.4. The van der Waals surface area contributed by atoms with Crippen LogP contribution in [0.25, 0.3) is 0 Å². The summed E-state index contributed by atoms with van der Waals surface area (Å²) >= 11 is 7.86. The molecule has 1 aromatic rings. The van der Waals surface area contributed by atoms with Crippen molar-refractivity contribution in [1.82, 2.24) is 4.90 Å². The van der Waals surface area contributed by atoms with Crippen molar-refractivity contribution in [1.29, 1.82) is 0 Å². The van der Waals surface area contributed by atoms with Gasteiger partial charge in [-0.1, -0.05) is 11.6 Å². The average Bonchev–Trinajstić information content (AvgIpc) is 2.82. The number of piperidine rings is 1. The third kappa shape index (κ3) is 3.54. The third-order valence-corrected chi connectivity index (χ3v) is 6.62. The highest BCUT2D eigenvalue weighted by Gasteiger charge is 2.47. The van der Waals surface area contributed by atoms with Crippen LogP contribution in [0.1, 0.15) is 56.5 Å². The Morgan fingerprint density at radius 2 is 2.24 bits per heavy atom. The summed E-state index contributed by atoms with van der Waals surface area (Å²) < 4.78 is 12.4. The van der Waals surface area contributed by atoms with E-state index in [4.69, 9.17) is 21.1 Å². The van der Waals surface area contributed by atoms with E-state index < -0.39 is 11.2 Å². The van der Waals surface area contributed by atoms with Crippen LogP contribution in [0.2, 0.25) is 4.34 Å². The van der Waals surface area contributed by atoms with Gasteiger partial charge in [-0.2, -0.15) is 0 Å². The van der Waals surface area contributed by atoms with Gasteiger partial charge < -0.3 is 19.5 Å². The minimum atomic E-state index is -0.502. The number of aliphatic hydroxyl groups excluding tert-OH is 1. The Morgan fingerprint density at radius 1 is 1.52 bits per heavy atom. The van der Waals surface area contributed by atoms with E-state index in [1.54, 1.807) is 4.90 Å². The normalized spacial score (nSPS) is 26.6. The fourth-order valence-corrected chi connectivity index (χ4v) is 5.49. The number of halogens is 1. The number of amides is 1. The van der Waals surface area contributed by atoms with E-state index in [9.17, 15) is 9.90 Å². The maximum atomic E-state index is 12.5. The van der Waals surface area contributed by atoms with E-state index in [2.05, 4.69) is 0 Å². The molecule has 0 aromatic carbocycles. The van der Waals surface area contributed by atoms with Crippen LogP contribution in [0.15, 0.2) is 0 Å². The van der Waals surface area contributed by atoms with E-state index in [1.165, 1.54) is 11.3 Å². The van der Waals surface area contributed by atoms with Gasteiger partial charge in [0.2, 0.25) is 0 Å². The lowest BCUT2D eigenvalue weighted by Gasteiger charge is -2.47. The lowest BCUT2D eigenvalue weighted by Crippen LogP contribution is -2.53. The average molecular weight is 388 g/mol. The second-order valence-corrected chi connectivity index (χ2v) is 9.51. The first-order valence-corrected chi connectivity index (χ1v) is 9.91. The lowest BCUT2D eigenvalue weighted by atomic mass is 9.81. The van der Waals surface area contributed by atoms with Crippen molar-refractivity contribution >= 4 is 29.0 Å².